The first-order chi connectivity index (χ1) is 12.1. The Labute approximate surface area is 148 Å². The highest BCUT2D eigenvalue weighted by molar-refractivity contribution is 5.81. The largest absolute Gasteiger partial charge is 0.493 e. The van der Waals surface area contributed by atoms with Crippen molar-refractivity contribution in [2.75, 3.05) is 39.9 Å². The van der Waals surface area contributed by atoms with Crippen LogP contribution in [0.5, 0.6) is 11.5 Å². The van der Waals surface area contributed by atoms with E-state index in [1.165, 1.54) is 0 Å². The molecule has 0 bridgehead atoms. The first kappa shape index (κ1) is 18.9. The van der Waals surface area contributed by atoms with E-state index < -0.39 is 6.10 Å². The fourth-order valence-electron chi connectivity index (χ4n) is 2.71. The van der Waals surface area contributed by atoms with E-state index in [1.807, 2.05) is 19.1 Å². The van der Waals surface area contributed by atoms with Crippen LogP contribution in [0.4, 0.5) is 4.79 Å². The molecule has 0 saturated carbocycles. The van der Waals surface area contributed by atoms with Gasteiger partial charge in [0.15, 0.2) is 17.6 Å². The minimum atomic E-state index is -0.578. The van der Waals surface area contributed by atoms with Crippen molar-refractivity contribution in [3.63, 3.8) is 0 Å². The van der Waals surface area contributed by atoms with Gasteiger partial charge in [0, 0.05) is 26.2 Å². The smallest absolute Gasteiger partial charge is 0.409 e. The number of methoxy groups -OCH3 is 1. The Morgan fingerprint density at radius 1 is 1.04 bits per heavy atom. The molecule has 1 heterocycles. The van der Waals surface area contributed by atoms with Gasteiger partial charge in [0.25, 0.3) is 5.91 Å². The van der Waals surface area contributed by atoms with E-state index in [9.17, 15) is 9.59 Å². The van der Waals surface area contributed by atoms with Gasteiger partial charge in [-0.2, -0.15) is 0 Å². The predicted molar refractivity (Wildman–Crippen MR) is 92.9 cm³/mol. The molecular formula is C18H26N2O5. The van der Waals surface area contributed by atoms with Crippen LogP contribution in [0.1, 0.15) is 20.3 Å². The Balaban J connectivity index is 1.95. The molecule has 7 nitrogen and oxygen atoms in total. The first-order valence-electron chi connectivity index (χ1n) is 8.60. The zero-order valence-electron chi connectivity index (χ0n) is 15.1. The van der Waals surface area contributed by atoms with Gasteiger partial charge in [-0.25, -0.2) is 4.79 Å². The summed E-state index contributed by atoms with van der Waals surface area (Å²) in [6, 6.07) is 7.27. The van der Waals surface area contributed by atoms with Crippen molar-refractivity contribution in [2.45, 2.75) is 26.4 Å². The molecule has 25 heavy (non-hydrogen) atoms. The van der Waals surface area contributed by atoms with Gasteiger partial charge >= 0.3 is 6.09 Å². The quantitative estimate of drug-likeness (QED) is 0.786. The van der Waals surface area contributed by atoms with Gasteiger partial charge in [0.1, 0.15) is 0 Å². The maximum absolute atomic E-state index is 12.8. The molecule has 0 N–H and O–H groups in total. The van der Waals surface area contributed by atoms with Crippen LogP contribution in [0.2, 0.25) is 0 Å². The molecule has 2 rings (SSSR count). The third kappa shape index (κ3) is 4.78. The van der Waals surface area contributed by atoms with Gasteiger partial charge < -0.3 is 24.0 Å². The Morgan fingerprint density at radius 3 is 2.20 bits per heavy atom. The van der Waals surface area contributed by atoms with E-state index in [0.29, 0.717) is 50.7 Å². The summed E-state index contributed by atoms with van der Waals surface area (Å²) in [5.41, 5.74) is 0. The summed E-state index contributed by atoms with van der Waals surface area (Å²) < 4.78 is 16.2. The van der Waals surface area contributed by atoms with Crippen LogP contribution in [-0.2, 0) is 9.53 Å². The first-order valence-corrected chi connectivity index (χ1v) is 8.60. The minimum absolute atomic E-state index is 0.0723. The van der Waals surface area contributed by atoms with Crippen molar-refractivity contribution >= 4 is 12.0 Å². The lowest BCUT2D eigenvalue weighted by molar-refractivity contribution is -0.140. The molecule has 1 aromatic rings. The SMILES string of the molecule is CCOC(=O)N1CCN(C(=O)[C@@H](CC)Oc2ccccc2OC)CC1. The van der Waals surface area contributed by atoms with Crippen LogP contribution in [0, 0.1) is 0 Å². The predicted octanol–water partition coefficient (Wildman–Crippen LogP) is 2.15. The number of amides is 2. The van der Waals surface area contributed by atoms with E-state index in [1.54, 1.807) is 36.0 Å². The Kier molecular flexibility index (Phi) is 6.91. The number of benzene rings is 1. The summed E-state index contributed by atoms with van der Waals surface area (Å²) in [4.78, 5) is 27.9. The molecule has 1 aliphatic rings. The summed E-state index contributed by atoms with van der Waals surface area (Å²) in [5, 5.41) is 0. The van der Waals surface area contributed by atoms with Crippen LogP contribution < -0.4 is 9.47 Å². The van der Waals surface area contributed by atoms with Crippen molar-refractivity contribution in [3.05, 3.63) is 24.3 Å². The fraction of sp³-hybridized carbons (Fsp3) is 0.556. The molecule has 1 aromatic carbocycles. The van der Waals surface area contributed by atoms with E-state index in [4.69, 9.17) is 14.2 Å². The third-order valence-electron chi connectivity index (χ3n) is 4.10. The molecule has 0 unspecified atom stereocenters. The fourth-order valence-corrected chi connectivity index (χ4v) is 2.71. The Morgan fingerprint density at radius 2 is 1.64 bits per heavy atom. The highest BCUT2D eigenvalue weighted by Gasteiger charge is 2.30. The Bertz CT molecular complexity index is 585. The van der Waals surface area contributed by atoms with E-state index >= 15 is 0 Å². The second kappa shape index (κ2) is 9.15. The van der Waals surface area contributed by atoms with Crippen molar-refractivity contribution in [3.8, 4) is 11.5 Å². The zero-order chi connectivity index (χ0) is 18.2. The van der Waals surface area contributed by atoms with Gasteiger partial charge in [-0.15, -0.1) is 0 Å². The van der Waals surface area contributed by atoms with Crippen molar-refractivity contribution < 1.29 is 23.8 Å². The van der Waals surface area contributed by atoms with Crippen LogP contribution in [0.25, 0.3) is 0 Å². The number of nitrogens with zero attached hydrogens (tertiary/aromatic N) is 2. The number of para-hydroxylation sites is 2. The summed E-state index contributed by atoms with van der Waals surface area (Å²) >= 11 is 0. The molecule has 0 aliphatic carbocycles. The minimum Gasteiger partial charge on any atom is -0.493 e. The maximum atomic E-state index is 12.8. The van der Waals surface area contributed by atoms with Gasteiger partial charge in [0.2, 0.25) is 0 Å². The maximum Gasteiger partial charge on any atom is 0.409 e. The highest BCUT2D eigenvalue weighted by Crippen LogP contribution is 2.27. The molecule has 2 amide bonds. The molecule has 0 radical (unpaired) electrons. The van der Waals surface area contributed by atoms with Crippen LogP contribution >= 0.6 is 0 Å². The van der Waals surface area contributed by atoms with E-state index in [-0.39, 0.29) is 12.0 Å². The topological polar surface area (TPSA) is 68.3 Å². The molecule has 1 atom stereocenters. The summed E-state index contributed by atoms with van der Waals surface area (Å²) in [6.07, 6.45) is -0.355. The Hall–Kier alpha value is -2.44. The lowest BCUT2D eigenvalue weighted by Gasteiger charge is -2.35. The summed E-state index contributed by atoms with van der Waals surface area (Å²) in [5.74, 6) is 1.08. The lowest BCUT2D eigenvalue weighted by atomic mass is 10.2. The standard InChI is InChI=1S/C18H26N2O5/c1-4-14(25-16-9-7-6-8-15(16)23-3)17(21)19-10-12-20(13-11-19)18(22)24-5-2/h6-9,14H,4-5,10-13H2,1-3H3/t14-/m1/s1. The number of carbonyl (C=O) groups is 2. The number of carbonyl (C=O) groups excluding carboxylic acids is 2. The number of rotatable bonds is 6. The number of piperazine rings is 1. The molecule has 138 valence electrons. The van der Waals surface area contributed by atoms with Gasteiger partial charge in [-0.05, 0) is 25.5 Å². The van der Waals surface area contributed by atoms with Gasteiger partial charge in [0.05, 0.1) is 13.7 Å². The second-order valence-electron chi connectivity index (χ2n) is 5.68. The number of hydrogen-bond donors (Lipinski definition) is 0. The van der Waals surface area contributed by atoms with E-state index in [2.05, 4.69) is 0 Å². The molecule has 1 saturated heterocycles. The molecular weight excluding hydrogens is 324 g/mol. The van der Waals surface area contributed by atoms with Crippen molar-refractivity contribution in [1.82, 2.24) is 9.80 Å². The zero-order valence-corrected chi connectivity index (χ0v) is 15.1. The van der Waals surface area contributed by atoms with Crippen LogP contribution in [-0.4, -0.2) is 67.8 Å². The van der Waals surface area contributed by atoms with Crippen LogP contribution in [0.15, 0.2) is 24.3 Å². The van der Waals surface area contributed by atoms with Gasteiger partial charge in [-0.3, -0.25) is 4.79 Å². The summed E-state index contributed by atoms with van der Waals surface area (Å²) in [7, 11) is 1.57. The molecule has 0 aromatic heterocycles. The monoisotopic (exact) mass is 350 g/mol. The molecule has 7 heteroatoms. The number of ether oxygens (including phenoxy) is 3. The normalized spacial score (nSPS) is 15.5. The molecule has 1 aliphatic heterocycles. The highest BCUT2D eigenvalue weighted by atomic mass is 16.6. The average Bonchev–Trinajstić information content (AvgIpc) is 2.66. The molecule has 0 spiro atoms. The lowest BCUT2D eigenvalue weighted by Crippen LogP contribution is -2.53. The van der Waals surface area contributed by atoms with Crippen molar-refractivity contribution in [2.24, 2.45) is 0 Å². The van der Waals surface area contributed by atoms with Crippen LogP contribution in [0.3, 0.4) is 0 Å². The molecule has 1 fully saturated rings. The second-order valence-corrected chi connectivity index (χ2v) is 5.68. The number of hydrogen-bond acceptors (Lipinski definition) is 5. The summed E-state index contributed by atoms with van der Waals surface area (Å²) in [6.45, 7) is 5.92. The van der Waals surface area contributed by atoms with Gasteiger partial charge in [-0.1, -0.05) is 19.1 Å². The third-order valence-corrected chi connectivity index (χ3v) is 4.10. The van der Waals surface area contributed by atoms with Crippen molar-refractivity contribution in [1.29, 1.82) is 0 Å². The van der Waals surface area contributed by atoms with E-state index in [0.717, 1.165) is 0 Å². The average molecular weight is 350 g/mol.